The molecule has 2 aromatic rings. The molecule has 0 unspecified atom stereocenters. The van der Waals surface area contributed by atoms with Crippen LogP contribution in [0.5, 0.6) is 5.75 Å². The average molecular weight is 315 g/mol. The lowest BCUT2D eigenvalue weighted by Gasteiger charge is -2.11. The van der Waals surface area contributed by atoms with Gasteiger partial charge in [0.1, 0.15) is 5.75 Å². The van der Waals surface area contributed by atoms with Crippen LogP contribution < -0.4 is 15.8 Å². The molecule has 0 spiro atoms. The van der Waals surface area contributed by atoms with Crippen LogP contribution in [-0.4, -0.2) is 17.9 Å². The quantitative estimate of drug-likeness (QED) is 0.629. The highest BCUT2D eigenvalue weighted by molar-refractivity contribution is 5.93. The van der Waals surface area contributed by atoms with Crippen molar-refractivity contribution in [3.05, 3.63) is 63.2 Å². The topological polar surface area (TPSA) is 107 Å². The van der Waals surface area contributed by atoms with Gasteiger partial charge in [0, 0.05) is 29.4 Å². The minimum atomic E-state index is -0.696. The summed E-state index contributed by atoms with van der Waals surface area (Å²) in [6, 6.07) is 9.72. The van der Waals surface area contributed by atoms with E-state index in [4.69, 9.17) is 10.5 Å². The van der Waals surface area contributed by atoms with Gasteiger partial charge in [0.2, 0.25) is 5.91 Å². The number of nitrogens with one attached hydrogen (secondary N) is 1. The highest BCUT2D eigenvalue weighted by Crippen LogP contribution is 2.24. The first-order chi connectivity index (χ1) is 10.9. The smallest absolute Gasteiger partial charge is 0.275 e. The second-order valence-corrected chi connectivity index (χ2v) is 5.00. The molecule has 2 rings (SSSR count). The van der Waals surface area contributed by atoms with Crippen LogP contribution in [0.25, 0.3) is 0 Å². The van der Waals surface area contributed by atoms with Gasteiger partial charge < -0.3 is 15.8 Å². The maximum absolute atomic E-state index is 11.2. The van der Waals surface area contributed by atoms with Gasteiger partial charge in [-0.2, -0.15) is 0 Å². The molecule has 0 fully saturated rings. The van der Waals surface area contributed by atoms with Crippen LogP contribution in [-0.2, 0) is 6.54 Å². The van der Waals surface area contributed by atoms with E-state index in [0.29, 0.717) is 5.56 Å². The van der Waals surface area contributed by atoms with Crippen LogP contribution in [0.1, 0.15) is 21.5 Å². The van der Waals surface area contributed by atoms with Gasteiger partial charge in [-0.3, -0.25) is 14.9 Å². The van der Waals surface area contributed by atoms with Crippen LogP contribution in [0.2, 0.25) is 0 Å². The van der Waals surface area contributed by atoms with Crippen molar-refractivity contribution in [1.29, 1.82) is 0 Å². The fourth-order valence-corrected chi connectivity index (χ4v) is 2.19. The highest BCUT2D eigenvalue weighted by Gasteiger charge is 2.16. The molecule has 23 heavy (non-hydrogen) atoms. The number of nitro benzene ring substituents is 1. The molecule has 120 valence electrons. The molecule has 0 aliphatic carbocycles. The Bertz CT molecular complexity index is 759. The largest absolute Gasteiger partial charge is 0.497 e. The molecule has 0 saturated carbocycles. The number of benzene rings is 2. The number of aryl methyl sites for hydroxylation is 1. The zero-order chi connectivity index (χ0) is 17.0. The van der Waals surface area contributed by atoms with Crippen LogP contribution in [0.15, 0.2) is 36.4 Å². The first kappa shape index (κ1) is 16.3. The minimum absolute atomic E-state index is 0.112. The molecule has 0 aromatic heterocycles. The molecule has 7 nitrogen and oxygen atoms in total. The number of nitrogens with zero attached hydrogens (tertiary/aromatic N) is 1. The van der Waals surface area contributed by atoms with Crippen molar-refractivity contribution in [3.63, 3.8) is 0 Å². The van der Waals surface area contributed by atoms with Gasteiger partial charge in [-0.15, -0.1) is 0 Å². The Morgan fingerprint density at radius 3 is 2.61 bits per heavy atom. The van der Waals surface area contributed by atoms with E-state index in [-0.39, 0.29) is 17.8 Å². The number of hydrogen-bond acceptors (Lipinski definition) is 5. The summed E-state index contributed by atoms with van der Waals surface area (Å²) in [7, 11) is 1.59. The number of anilines is 1. The average Bonchev–Trinajstić information content (AvgIpc) is 2.53. The van der Waals surface area contributed by atoms with E-state index < -0.39 is 10.8 Å². The van der Waals surface area contributed by atoms with Crippen molar-refractivity contribution in [2.24, 2.45) is 5.73 Å². The SMILES string of the molecule is COc1ccc(NCc2ccc(C(N)=O)cc2[N+](=O)[O-])c(C)c1. The van der Waals surface area contributed by atoms with E-state index in [1.807, 2.05) is 19.1 Å². The van der Waals surface area contributed by atoms with Gasteiger partial charge >= 0.3 is 0 Å². The molecular weight excluding hydrogens is 298 g/mol. The zero-order valence-electron chi connectivity index (χ0n) is 12.8. The summed E-state index contributed by atoms with van der Waals surface area (Å²) in [6.45, 7) is 2.16. The number of nitro groups is 1. The van der Waals surface area contributed by atoms with Crippen molar-refractivity contribution >= 4 is 17.3 Å². The summed E-state index contributed by atoms with van der Waals surface area (Å²) in [5.41, 5.74) is 7.40. The molecular formula is C16H17N3O4. The summed E-state index contributed by atoms with van der Waals surface area (Å²) >= 11 is 0. The zero-order valence-corrected chi connectivity index (χ0v) is 12.8. The molecule has 0 heterocycles. The molecule has 2 aromatic carbocycles. The summed E-state index contributed by atoms with van der Waals surface area (Å²) < 4.78 is 5.14. The van der Waals surface area contributed by atoms with Crippen LogP contribution >= 0.6 is 0 Å². The number of carbonyl (C=O) groups excluding carboxylic acids is 1. The van der Waals surface area contributed by atoms with E-state index in [0.717, 1.165) is 17.0 Å². The Morgan fingerprint density at radius 2 is 2.04 bits per heavy atom. The molecule has 0 aliphatic rings. The van der Waals surface area contributed by atoms with Crippen molar-refractivity contribution < 1.29 is 14.5 Å². The van der Waals surface area contributed by atoms with Gasteiger partial charge in [0.05, 0.1) is 12.0 Å². The maximum Gasteiger partial charge on any atom is 0.275 e. The number of nitrogens with two attached hydrogens (primary N) is 1. The van der Waals surface area contributed by atoms with E-state index in [2.05, 4.69) is 5.32 Å². The Hall–Kier alpha value is -3.09. The molecule has 7 heteroatoms. The Balaban J connectivity index is 2.23. The predicted molar refractivity (Wildman–Crippen MR) is 86.7 cm³/mol. The summed E-state index contributed by atoms with van der Waals surface area (Å²) in [5, 5.41) is 14.3. The van der Waals surface area contributed by atoms with E-state index in [1.165, 1.54) is 18.2 Å². The predicted octanol–water partition coefficient (Wildman–Crippen LogP) is 2.62. The van der Waals surface area contributed by atoms with Crippen LogP contribution in [0.4, 0.5) is 11.4 Å². The van der Waals surface area contributed by atoms with E-state index in [1.54, 1.807) is 13.2 Å². The molecule has 0 atom stereocenters. The van der Waals surface area contributed by atoms with Gasteiger partial charge in [0.25, 0.3) is 5.69 Å². The standard InChI is InChI=1S/C16H17N3O4/c1-10-7-13(23-2)5-6-14(10)18-9-12-4-3-11(16(17)20)8-15(12)19(21)22/h3-8,18H,9H2,1-2H3,(H2,17,20). The monoisotopic (exact) mass is 315 g/mol. The Morgan fingerprint density at radius 1 is 1.30 bits per heavy atom. The summed E-state index contributed by atoms with van der Waals surface area (Å²) in [5.74, 6) is 0.0449. The number of methoxy groups -OCH3 is 1. The number of amides is 1. The molecule has 0 bridgehead atoms. The molecule has 0 saturated heterocycles. The molecule has 0 radical (unpaired) electrons. The Labute approximate surface area is 133 Å². The van der Waals surface area contributed by atoms with E-state index >= 15 is 0 Å². The summed E-state index contributed by atoms with van der Waals surface area (Å²) in [6.07, 6.45) is 0. The number of rotatable bonds is 6. The third kappa shape index (κ3) is 3.76. The van der Waals surface area contributed by atoms with Gasteiger partial charge in [-0.1, -0.05) is 0 Å². The van der Waals surface area contributed by atoms with Gasteiger partial charge in [-0.05, 0) is 42.8 Å². The second kappa shape index (κ2) is 6.78. The van der Waals surface area contributed by atoms with Crippen molar-refractivity contribution in [3.8, 4) is 5.75 Å². The number of primary amides is 1. The molecule has 1 amide bonds. The van der Waals surface area contributed by atoms with Gasteiger partial charge in [-0.25, -0.2) is 0 Å². The Kier molecular flexibility index (Phi) is 4.80. The minimum Gasteiger partial charge on any atom is -0.497 e. The summed E-state index contributed by atoms with van der Waals surface area (Å²) in [4.78, 5) is 21.8. The van der Waals surface area contributed by atoms with Crippen molar-refractivity contribution in [1.82, 2.24) is 0 Å². The van der Waals surface area contributed by atoms with Crippen molar-refractivity contribution in [2.75, 3.05) is 12.4 Å². The first-order valence-electron chi connectivity index (χ1n) is 6.88. The molecule has 3 N–H and O–H groups in total. The highest BCUT2D eigenvalue weighted by atomic mass is 16.6. The normalized spacial score (nSPS) is 10.2. The number of carbonyl (C=O) groups is 1. The number of ether oxygens (including phenoxy) is 1. The van der Waals surface area contributed by atoms with E-state index in [9.17, 15) is 14.9 Å². The third-order valence-electron chi connectivity index (χ3n) is 3.47. The lowest BCUT2D eigenvalue weighted by atomic mass is 10.1. The lowest BCUT2D eigenvalue weighted by Crippen LogP contribution is -2.12. The van der Waals surface area contributed by atoms with Crippen molar-refractivity contribution in [2.45, 2.75) is 13.5 Å². The fraction of sp³-hybridized carbons (Fsp3) is 0.188. The fourth-order valence-electron chi connectivity index (χ4n) is 2.19. The maximum atomic E-state index is 11.2. The van der Waals surface area contributed by atoms with Crippen LogP contribution in [0.3, 0.4) is 0 Å². The molecule has 0 aliphatic heterocycles. The second-order valence-electron chi connectivity index (χ2n) is 5.00. The number of hydrogen-bond donors (Lipinski definition) is 2. The first-order valence-corrected chi connectivity index (χ1v) is 6.88. The van der Waals surface area contributed by atoms with Crippen LogP contribution in [0, 0.1) is 17.0 Å². The van der Waals surface area contributed by atoms with Gasteiger partial charge in [0.15, 0.2) is 0 Å². The lowest BCUT2D eigenvalue weighted by molar-refractivity contribution is -0.385. The third-order valence-corrected chi connectivity index (χ3v) is 3.47.